The molecule has 122 valence electrons. The van der Waals surface area contributed by atoms with Gasteiger partial charge in [0.05, 0.1) is 5.69 Å². The number of thiazole rings is 1. The van der Waals surface area contributed by atoms with Gasteiger partial charge in [-0.2, -0.15) is 0 Å². The second-order valence-corrected chi connectivity index (χ2v) is 6.55. The number of piperazine rings is 1. The van der Waals surface area contributed by atoms with Crippen molar-refractivity contribution in [3.8, 4) is 10.8 Å². The van der Waals surface area contributed by atoms with Crippen LogP contribution in [0.5, 0.6) is 0 Å². The molecular weight excluding hydrogens is 320 g/mol. The molecule has 1 saturated heterocycles. The van der Waals surface area contributed by atoms with E-state index in [4.69, 9.17) is 4.98 Å². The highest BCUT2D eigenvalue weighted by molar-refractivity contribution is 7.13. The molecule has 1 N–H and O–H groups in total. The van der Waals surface area contributed by atoms with Gasteiger partial charge in [-0.25, -0.2) is 15.0 Å². The van der Waals surface area contributed by atoms with Crippen molar-refractivity contribution in [2.24, 2.45) is 0 Å². The van der Waals surface area contributed by atoms with Gasteiger partial charge in [-0.15, -0.1) is 11.3 Å². The van der Waals surface area contributed by atoms with Crippen LogP contribution in [0.15, 0.2) is 48.4 Å². The Hall–Kier alpha value is -2.22. The number of hydrogen-bond acceptors (Lipinski definition) is 7. The quantitative estimate of drug-likeness (QED) is 0.786. The predicted molar refractivity (Wildman–Crippen MR) is 93.4 cm³/mol. The molecule has 0 bridgehead atoms. The molecule has 0 radical (unpaired) electrons. The van der Waals surface area contributed by atoms with Crippen LogP contribution in [-0.2, 0) is 6.54 Å². The van der Waals surface area contributed by atoms with Gasteiger partial charge in [0.2, 0.25) is 0 Å². The highest BCUT2D eigenvalue weighted by Crippen LogP contribution is 2.25. The van der Waals surface area contributed by atoms with E-state index >= 15 is 0 Å². The number of pyridine rings is 1. The first-order valence-corrected chi connectivity index (χ1v) is 8.84. The van der Waals surface area contributed by atoms with E-state index in [1.165, 1.54) is 5.56 Å². The number of nitrogens with zero attached hydrogens (tertiary/aromatic N) is 5. The minimum absolute atomic E-state index is 0.325. The summed E-state index contributed by atoms with van der Waals surface area (Å²) in [4.78, 5) is 20.0. The molecule has 0 aromatic carbocycles. The average molecular weight is 338 g/mol. The Bertz CT molecular complexity index is 776. The standard InChI is InChI=1S/C17H18N6S/c1-3-13(9-18-4-1)15-10-19-7-8-23(15)11-14-12-24-17(22-14)16-20-5-2-6-21-16/h1-6,9,12,15,19H,7-8,10-11H2. The van der Waals surface area contributed by atoms with E-state index in [-0.39, 0.29) is 0 Å². The number of aromatic nitrogens is 4. The lowest BCUT2D eigenvalue weighted by Gasteiger charge is -2.35. The second-order valence-electron chi connectivity index (χ2n) is 5.69. The predicted octanol–water partition coefficient (Wildman–Crippen LogP) is 2.14. The minimum atomic E-state index is 0.325. The van der Waals surface area contributed by atoms with Gasteiger partial charge >= 0.3 is 0 Å². The van der Waals surface area contributed by atoms with E-state index in [1.54, 1.807) is 23.7 Å². The van der Waals surface area contributed by atoms with Crippen LogP contribution < -0.4 is 5.32 Å². The normalized spacial score (nSPS) is 18.6. The molecule has 1 aliphatic rings. The maximum atomic E-state index is 4.72. The Morgan fingerprint density at radius 2 is 2.12 bits per heavy atom. The Kier molecular flexibility index (Phi) is 4.55. The molecule has 6 nitrogen and oxygen atoms in total. The van der Waals surface area contributed by atoms with Crippen LogP contribution >= 0.6 is 11.3 Å². The van der Waals surface area contributed by atoms with Crippen LogP contribution in [0.1, 0.15) is 17.3 Å². The molecule has 4 heterocycles. The Labute approximate surface area is 144 Å². The van der Waals surface area contributed by atoms with Gasteiger partial charge in [-0.1, -0.05) is 6.07 Å². The van der Waals surface area contributed by atoms with E-state index in [0.717, 1.165) is 36.9 Å². The van der Waals surface area contributed by atoms with Crippen molar-refractivity contribution in [2.45, 2.75) is 12.6 Å². The van der Waals surface area contributed by atoms with Crippen LogP contribution in [0.4, 0.5) is 0 Å². The molecular formula is C17H18N6S. The molecule has 1 fully saturated rings. The molecule has 0 aliphatic carbocycles. The van der Waals surface area contributed by atoms with Crippen LogP contribution in [0.25, 0.3) is 10.8 Å². The maximum absolute atomic E-state index is 4.72. The zero-order chi connectivity index (χ0) is 16.2. The summed E-state index contributed by atoms with van der Waals surface area (Å²) < 4.78 is 0. The summed E-state index contributed by atoms with van der Waals surface area (Å²) in [5, 5.41) is 6.45. The van der Waals surface area contributed by atoms with Gasteiger partial charge in [0.1, 0.15) is 0 Å². The van der Waals surface area contributed by atoms with Crippen molar-refractivity contribution in [1.82, 2.24) is 30.2 Å². The third-order valence-electron chi connectivity index (χ3n) is 4.10. The molecule has 3 aromatic rings. The summed E-state index contributed by atoms with van der Waals surface area (Å²) in [7, 11) is 0. The first-order chi connectivity index (χ1) is 11.9. The van der Waals surface area contributed by atoms with Crippen molar-refractivity contribution in [3.05, 3.63) is 59.6 Å². The first kappa shape index (κ1) is 15.3. The molecule has 3 aromatic heterocycles. The van der Waals surface area contributed by atoms with Crippen molar-refractivity contribution >= 4 is 11.3 Å². The molecule has 4 rings (SSSR count). The summed E-state index contributed by atoms with van der Waals surface area (Å²) in [6.45, 7) is 3.75. The lowest BCUT2D eigenvalue weighted by molar-refractivity contribution is 0.152. The van der Waals surface area contributed by atoms with Crippen LogP contribution in [-0.4, -0.2) is 44.5 Å². The summed E-state index contributed by atoms with van der Waals surface area (Å²) in [6, 6.07) is 6.28. The molecule has 1 atom stereocenters. The average Bonchev–Trinajstić information content (AvgIpc) is 3.12. The van der Waals surface area contributed by atoms with Crippen molar-refractivity contribution < 1.29 is 0 Å². The van der Waals surface area contributed by atoms with E-state index in [1.807, 2.05) is 24.5 Å². The molecule has 7 heteroatoms. The number of nitrogens with one attached hydrogen (secondary N) is 1. The zero-order valence-corrected chi connectivity index (χ0v) is 14.0. The molecule has 0 amide bonds. The fraction of sp³-hybridized carbons (Fsp3) is 0.294. The fourth-order valence-electron chi connectivity index (χ4n) is 2.94. The third-order valence-corrected chi connectivity index (χ3v) is 4.98. The lowest BCUT2D eigenvalue weighted by Crippen LogP contribution is -2.45. The monoisotopic (exact) mass is 338 g/mol. The number of hydrogen-bond donors (Lipinski definition) is 1. The molecule has 1 unspecified atom stereocenters. The third kappa shape index (κ3) is 3.33. The molecule has 24 heavy (non-hydrogen) atoms. The topological polar surface area (TPSA) is 66.8 Å². The Balaban J connectivity index is 1.52. The smallest absolute Gasteiger partial charge is 0.188 e. The molecule has 1 aliphatic heterocycles. The van der Waals surface area contributed by atoms with E-state index in [2.05, 4.69) is 36.6 Å². The van der Waals surface area contributed by atoms with Crippen LogP contribution in [0.2, 0.25) is 0 Å². The number of rotatable bonds is 4. The Morgan fingerprint density at radius 1 is 1.21 bits per heavy atom. The summed E-state index contributed by atoms with van der Waals surface area (Å²) in [5.41, 5.74) is 2.31. The van der Waals surface area contributed by atoms with E-state index in [9.17, 15) is 0 Å². The first-order valence-electron chi connectivity index (χ1n) is 7.96. The van der Waals surface area contributed by atoms with Gasteiger partial charge in [0.25, 0.3) is 0 Å². The van der Waals surface area contributed by atoms with Gasteiger partial charge in [-0.05, 0) is 17.7 Å². The SMILES string of the molecule is c1cnc(-c2nc(CN3CCNCC3c3cccnc3)cs2)nc1. The fourth-order valence-corrected chi connectivity index (χ4v) is 3.69. The highest BCUT2D eigenvalue weighted by Gasteiger charge is 2.24. The van der Waals surface area contributed by atoms with Crippen LogP contribution in [0.3, 0.4) is 0 Å². The molecule has 0 spiro atoms. The zero-order valence-electron chi connectivity index (χ0n) is 13.2. The minimum Gasteiger partial charge on any atom is -0.314 e. The summed E-state index contributed by atoms with van der Waals surface area (Å²) in [6.07, 6.45) is 7.27. The lowest BCUT2D eigenvalue weighted by atomic mass is 10.1. The van der Waals surface area contributed by atoms with Gasteiger partial charge in [0, 0.05) is 62.4 Å². The van der Waals surface area contributed by atoms with Gasteiger partial charge in [-0.3, -0.25) is 9.88 Å². The molecule has 0 saturated carbocycles. The van der Waals surface area contributed by atoms with Crippen molar-refractivity contribution in [1.29, 1.82) is 0 Å². The summed E-state index contributed by atoms with van der Waals surface area (Å²) >= 11 is 1.60. The second kappa shape index (κ2) is 7.12. The van der Waals surface area contributed by atoms with Crippen molar-refractivity contribution in [2.75, 3.05) is 19.6 Å². The van der Waals surface area contributed by atoms with E-state index in [0.29, 0.717) is 11.9 Å². The van der Waals surface area contributed by atoms with E-state index < -0.39 is 0 Å². The highest BCUT2D eigenvalue weighted by atomic mass is 32.1. The summed E-state index contributed by atoms with van der Waals surface area (Å²) in [5.74, 6) is 0.692. The van der Waals surface area contributed by atoms with Gasteiger partial charge in [0.15, 0.2) is 10.8 Å². The maximum Gasteiger partial charge on any atom is 0.188 e. The Morgan fingerprint density at radius 3 is 2.96 bits per heavy atom. The largest absolute Gasteiger partial charge is 0.314 e. The van der Waals surface area contributed by atoms with Crippen LogP contribution in [0, 0.1) is 0 Å². The van der Waals surface area contributed by atoms with Crippen molar-refractivity contribution in [3.63, 3.8) is 0 Å². The van der Waals surface area contributed by atoms with Gasteiger partial charge < -0.3 is 5.32 Å².